The van der Waals surface area contributed by atoms with Crippen molar-refractivity contribution in [1.29, 1.82) is 0 Å². The van der Waals surface area contributed by atoms with Gasteiger partial charge in [0.1, 0.15) is 22.3 Å². The van der Waals surface area contributed by atoms with Crippen LogP contribution >= 0.6 is 15.9 Å². The van der Waals surface area contributed by atoms with Crippen LogP contribution < -0.4 is 10.2 Å². The lowest BCUT2D eigenvalue weighted by Gasteiger charge is -2.35. The number of hydrogen-bond donors (Lipinski definition) is 1. The van der Waals surface area contributed by atoms with Crippen molar-refractivity contribution in [2.75, 3.05) is 18.0 Å². The number of halogens is 1. The third-order valence-electron chi connectivity index (χ3n) is 3.23. The molecule has 5 nitrogen and oxygen atoms in total. The zero-order valence-electron chi connectivity index (χ0n) is 11.5. The Bertz CT molecular complexity index is 478. The maximum atomic E-state index is 11.9. The van der Waals surface area contributed by atoms with Gasteiger partial charge >= 0.3 is 0 Å². The summed E-state index contributed by atoms with van der Waals surface area (Å²) in [5.74, 6) is 1.96. The van der Waals surface area contributed by atoms with E-state index in [1.807, 2.05) is 13.0 Å². The topological polar surface area (TPSA) is 58.1 Å². The molecule has 0 aromatic carbocycles. The lowest BCUT2D eigenvalue weighted by atomic mass is 10.1. The predicted octanol–water partition coefficient (Wildman–Crippen LogP) is 2.08. The molecule has 0 spiro atoms. The van der Waals surface area contributed by atoms with Gasteiger partial charge in [-0.2, -0.15) is 0 Å². The summed E-state index contributed by atoms with van der Waals surface area (Å²) in [7, 11) is 0. The highest BCUT2D eigenvalue weighted by atomic mass is 79.9. The van der Waals surface area contributed by atoms with Gasteiger partial charge in [-0.15, -0.1) is 0 Å². The Morgan fingerprint density at radius 2 is 2.26 bits per heavy atom. The summed E-state index contributed by atoms with van der Waals surface area (Å²) < 4.78 is 0.766. The lowest BCUT2D eigenvalue weighted by Crippen LogP contribution is -2.55. The molecule has 104 valence electrons. The average Bonchev–Trinajstić information content (AvgIpc) is 2.37. The number of carbonyl (C=O) groups is 1. The van der Waals surface area contributed by atoms with Crippen LogP contribution in [0.4, 0.5) is 5.82 Å². The fraction of sp³-hybridized carbons (Fsp3) is 0.615. The molecule has 1 unspecified atom stereocenters. The first-order valence-electron chi connectivity index (χ1n) is 6.61. The molecule has 1 saturated heterocycles. The fourth-order valence-electron chi connectivity index (χ4n) is 2.22. The number of carbonyl (C=O) groups excluding carboxylic acids is 1. The summed E-state index contributed by atoms with van der Waals surface area (Å²) in [5.41, 5.74) is 0. The van der Waals surface area contributed by atoms with E-state index in [1.165, 1.54) is 0 Å². The summed E-state index contributed by atoms with van der Waals surface area (Å²) in [6.45, 7) is 7.58. The molecule has 1 aromatic rings. The molecule has 1 aliphatic heterocycles. The Morgan fingerprint density at radius 1 is 1.53 bits per heavy atom. The summed E-state index contributed by atoms with van der Waals surface area (Å²) in [6, 6.07) is 1.74. The van der Waals surface area contributed by atoms with Crippen LogP contribution in [0.3, 0.4) is 0 Å². The molecule has 1 aliphatic rings. The normalized spacial score (nSPS) is 19.7. The van der Waals surface area contributed by atoms with Crippen molar-refractivity contribution >= 4 is 27.7 Å². The lowest BCUT2D eigenvalue weighted by molar-refractivity contribution is -0.123. The molecule has 19 heavy (non-hydrogen) atoms. The minimum Gasteiger partial charge on any atom is -0.353 e. The monoisotopic (exact) mass is 326 g/mol. The van der Waals surface area contributed by atoms with Crippen LogP contribution in [0, 0.1) is 0 Å². The number of rotatable bonds is 3. The van der Waals surface area contributed by atoms with Crippen molar-refractivity contribution in [1.82, 2.24) is 15.3 Å². The molecule has 0 saturated carbocycles. The highest BCUT2D eigenvalue weighted by Crippen LogP contribution is 2.23. The van der Waals surface area contributed by atoms with Crippen molar-refractivity contribution in [2.45, 2.75) is 39.2 Å². The predicted molar refractivity (Wildman–Crippen MR) is 78.3 cm³/mol. The van der Waals surface area contributed by atoms with Crippen LogP contribution in [0.2, 0.25) is 0 Å². The number of amides is 1. The SMILES string of the molecule is CCC1C(=O)NCCN1c1cc(Br)nc(C(C)C)n1. The van der Waals surface area contributed by atoms with Crippen molar-refractivity contribution in [2.24, 2.45) is 0 Å². The third kappa shape index (κ3) is 3.05. The number of anilines is 1. The number of aromatic nitrogens is 2. The molecule has 1 atom stereocenters. The van der Waals surface area contributed by atoms with E-state index >= 15 is 0 Å². The summed E-state index contributed by atoms with van der Waals surface area (Å²) >= 11 is 3.43. The van der Waals surface area contributed by atoms with Gasteiger partial charge < -0.3 is 10.2 Å². The fourth-order valence-corrected chi connectivity index (χ4v) is 2.61. The minimum absolute atomic E-state index is 0.0783. The van der Waals surface area contributed by atoms with E-state index in [0.717, 1.165) is 29.2 Å². The smallest absolute Gasteiger partial charge is 0.242 e. The Hall–Kier alpha value is -1.17. The Kier molecular flexibility index (Phi) is 4.39. The minimum atomic E-state index is -0.143. The van der Waals surface area contributed by atoms with Crippen molar-refractivity contribution in [3.05, 3.63) is 16.5 Å². The second-order valence-electron chi connectivity index (χ2n) is 4.97. The first-order valence-corrected chi connectivity index (χ1v) is 7.41. The van der Waals surface area contributed by atoms with Crippen LogP contribution in [0.15, 0.2) is 10.7 Å². The molecule has 1 fully saturated rings. The van der Waals surface area contributed by atoms with E-state index in [1.54, 1.807) is 0 Å². The molecule has 0 bridgehead atoms. The highest BCUT2D eigenvalue weighted by Gasteiger charge is 2.29. The largest absolute Gasteiger partial charge is 0.353 e. The first-order chi connectivity index (χ1) is 9.02. The van der Waals surface area contributed by atoms with Gasteiger partial charge in [0, 0.05) is 25.1 Å². The number of nitrogens with one attached hydrogen (secondary N) is 1. The van der Waals surface area contributed by atoms with E-state index in [-0.39, 0.29) is 17.9 Å². The summed E-state index contributed by atoms with van der Waals surface area (Å²) in [4.78, 5) is 22.9. The van der Waals surface area contributed by atoms with Gasteiger partial charge in [-0.3, -0.25) is 4.79 Å². The van der Waals surface area contributed by atoms with Crippen LogP contribution in [-0.4, -0.2) is 35.0 Å². The summed E-state index contributed by atoms with van der Waals surface area (Å²) in [5, 5.41) is 2.90. The van der Waals surface area contributed by atoms with Crippen LogP contribution in [-0.2, 0) is 4.79 Å². The summed E-state index contributed by atoms with van der Waals surface area (Å²) in [6.07, 6.45) is 0.768. The van der Waals surface area contributed by atoms with Crippen LogP contribution in [0.25, 0.3) is 0 Å². The van der Waals surface area contributed by atoms with Gasteiger partial charge in [0.2, 0.25) is 5.91 Å². The average molecular weight is 327 g/mol. The molecule has 6 heteroatoms. The Morgan fingerprint density at radius 3 is 2.89 bits per heavy atom. The van der Waals surface area contributed by atoms with E-state index in [4.69, 9.17) is 0 Å². The molecular weight excluding hydrogens is 308 g/mol. The maximum Gasteiger partial charge on any atom is 0.242 e. The van der Waals surface area contributed by atoms with Crippen molar-refractivity contribution < 1.29 is 4.79 Å². The third-order valence-corrected chi connectivity index (χ3v) is 3.63. The van der Waals surface area contributed by atoms with Gasteiger partial charge in [0.15, 0.2) is 0 Å². The van der Waals surface area contributed by atoms with Crippen molar-refractivity contribution in [3.8, 4) is 0 Å². The number of nitrogens with zero attached hydrogens (tertiary/aromatic N) is 3. The van der Waals surface area contributed by atoms with E-state index < -0.39 is 0 Å². The zero-order chi connectivity index (χ0) is 14.0. The van der Waals surface area contributed by atoms with Gasteiger partial charge in [-0.25, -0.2) is 9.97 Å². The van der Waals surface area contributed by atoms with Gasteiger partial charge in [-0.05, 0) is 22.4 Å². The molecule has 0 aliphatic carbocycles. The number of hydrogen-bond acceptors (Lipinski definition) is 4. The highest BCUT2D eigenvalue weighted by molar-refractivity contribution is 9.10. The quantitative estimate of drug-likeness (QED) is 0.864. The second-order valence-corrected chi connectivity index (χ2v) is 5.78. The molecular formula is C13H19BrN4O. The van der Waals surface area contributed by atoms with Crippen LogP contribution in [0.1, 0.15) is 38.9 Å². The standard InChI is InChI=1S/C13H19BrN4O/c1-4-9-13(19)15-5-6-18(9)11-7-10(14)16-12(17-11)8(2)3/h7-9H,4-6H2,1-3H3,(H,15,19). The van der Waals surface area contributed by atoms with Crippen LogP contribution in [0.5, 0.6) is 0 Å². The van der Waals surface area contributed by atoms with Crippen molar-refractivity contribution in [3.63, 3.8) is 0 Å². The van der Waals surface area contributed by atoms with E-state index in [9.17, 15) is 4.79 Å². The molecule has 2 rings (SSSR count). The Labute approximate surface area is 121 Å². The number of piperazine rings is 1. The molecule has 0 radical (unpaired) electrons. The second kappa shape index (κ2) is 5.86. The molecule has 1 aromatic heterocycles. The maximum absolute atomic E-state index is 11.9. The molecule has 1 amide bonds. The molecule has 1 N–H and O–H groups in total. The van der Waals surface area contributed by atoms with E-state index in [2.05, 4.69) is 50.0 Å². The van der Waals surface area contributed by atoms with Gasteiger partial charge in [0.05, 0.1) is 0 Å². The van der Waals surface area contributed by atoms with E-state index in [0.29, 0.717) is 6.54 Å². The molecule has 2 heterocycles. The van der Waals surface area contributed by atoms with Gasteiger partial charge in [-0.1, -0.05) is 20.8 Å². The zero-order valence-corrected chi connectivity index (χ0v) is 13.1. The first kappa shape index (κ1) is 14.2. The Balaban J connectivity index is 2.36. The van der Waals surface area contributed by atoms with Gasteiger partial charge in [0.25, 0.3) is 0 Å².